The Morgan fingerprint density at radius 1 is 0.400 bits per heavy atom. The first kappa shape index (κ1) is 37.1. The maximum absolute atomic E-state index is 6.33. The second kappa shape index (κ2) is 11.6. The Labute approximate surface area is 249 Å². The minimum absolute atomic E-state index is 0.0435. The molecule has 234 valence electrons. The Morgan fingerprint density at radius 3 is 0.800 bits per heavy atom. The third-order valence-corrected chi connectivity index (χ3v) is 9.73. The van der Waals surface area contributed by atoms with Crippen LogP contribution in [0, 0.1) is 32.5 Å². The van der Waals surface area contributed by atoms with Gasteiger partial charge in [-0.1, -0.05) is 135 Å². The molecule has 0 aliphatic rings. The lowest BCUT2D eigenvalue weighted by atomic mass is 9.60. The molecule has 0 fully saturated rings. The molecular weight excluding hydrogens is 496 g/mol. The van der Waals surface area contributed by atoms with E-state index in [0.717, 1.165) is 11.1 Å². The number of hydrogen-bond acceptors (Lipinski definition) is 4. The Kier molecular flexibility index (Phi) is 10.8. The van der Waals surface area contributed by atoms with E-state index < -0.39 is 11.2 Å². The summed E-state index contributed by atoms with van der Waals surface area (Å²) in [4.78, 5) is 25.1. The van der Waals surface area contributed by atoms with Crippen molar-refractivity contribution in [2.24, 2.45) is 32.5 Å². The summed E-state index contributed by atoms with van der Waals surface area (Å²) >= 11 is 0. The average molecular weight is 563 g/mol. The van der Waals surface area contributed by atoms with Gasteiger partial charge in [-0.05, 0) is 71.3 Å². The maximum Gasteiger partial charge on any atom is 0.123 e. The molecule has 1 aromatic rings. The van der Waals surface area contributed by atoms with Crippen molar-refractivity contribution >= 4 is 0 Å². The summed E-state index contributed by atoms with van der Waals surface area (Å²) in [6.45, 7) is 44.2. The van der Waals surface area contributed by atoms with Gasteiger partial charge in [-0.25, -0.2) is 19.6 Å². The molecule has 4 nitrogen and oxygen atoms in total. The zero-order valence-electron chi connectivity index (χ0n) is 30.1. The summed E-state index contributed by atoms with van der Waals surface area (Å²) in [5, 5.41) is 0. The van der Waals surface area contributed by atoms with E-state index in [2.05, 4.69) is 163 Å². The van der Waals surface area contributed by atoms with Crippen LogP contribution in [0.5, 0.6) is 0 Å². The van der Waals surface area contributed by atoms with Crippen LogP contribution in [0.25, 0.3) is 0 Å². The molecule has 0 radical (unpaired) electrons. The van der Waals surface area contributed by atoms with Gasteiger partial charge in [0.2, 0.25) is 0 Å². The standard InChI is InChI=1S/C36H66O4/c1-29(2,3)27(33(13,14)31(7,8)9)37-39-35(17,18)25-21-23-26(24-22-25)36(19,20)40-38-28(30(4,5)6)34(15,16)32(10,11)12/h21-24,27-28H,1-20H3. The predicted molar refractivity (Wildman–Crippen MR) is 170 cm³/mol. The van der Waals surface area contributed by atoms with Crippen LogP contribution >= 0.6 is 0 Å². The summed E-state index contributed by atoms with van der Waals surface area (Å²) in [5.74, 6) is 0. The van der Waals surface area contributed by atoms with Crippen molar-refractivity contribution in [2.75, 3.05) is 0 Å². The molecule has 0 N–H and O–H groups in total. The van der Waals surface area contributed by atoms with Crippen molar-refractivity contribution in [3.8, 4) is 0 Å². The normalized spacial score (nSPS) is 16.7. The second-order valence-corrected chi connectivity index (χ2v) is 18.4. The van der Waals surface area contributed by atoms with E-state index in [1.165, 1.54) is 0 Å². The van der Waals surface area contributed by atoms with E-state index in [1.807, 2.05) is 0 Å². The molecule has 0 heterocycles. The van der Waals surface area contributed by atoms with E-state index in [0.29, 0.717) is 0 Å². The number of hydrogen-bond donors (Lipinski definition) is 0. The van der Waals surface area contributed by atoms with E-state index in [4.69, 9.17) is 19.6 Å². The van der Waals surface area contributed by atoms with Crippen molar-refractivity contribution in [3.63, 3.8) is 0 Å². The molecule has 0 aliphatic heterocycles. The largest absolute Gasteiger partial charge is 0.231 e. The van der Waals surface area contributed by atoms with Gasteiger partial charge in [0, 0.05) is 0 Å². The van der Waals surface area contributed by atoms with E-state index >= 15 is 0 Å². The van der Waals surface area contributed by atoms with Crippen molar-refractivity contribution in [1.82, 2.24) is 0 Å². The van der Waals surface area contributed by atoms with Crippen LogP contribution in [0.1, 0.15) is 150 Å². The molecule has 0 aromatic heterocycles. The summed E-state index contributed by atoms with van der Waals surface area (Å²) in [5.41, 5.74) is 0.486. The Hall–Kier alpha value is -0.940. The van der Waals surface area contributed by atoms with Gasteiger partial charge in [0.15, 0.2) is 0 Å². The lowest BCUT2D eigenvalue weighted by Gasteiger charge is -2.49. The van der Waals surface area contributed by atoms with Crippen molar-refractivity contribution in [1.29, 1.82) is 0 Å². The van der Waals surface area contributed by atoms with Crippen LogP contribution in [0.3, 0.4) is 0 Å². The minimum atomic E-state index is -0.633. The van der Waals surface area contributed by atoms with E-state index in [9.17, 15) is 0 Å². The number of rotatable bonds is 10. The predicted octanol–water partition coefficient (Wildman–Crippen LogP) is 11.0. The van der Waals surface area contributed by atoms with Gasteiger partial charge in [0.05, 0.1) is 0 Å². The fourth-order valence-electron chi connectivity index (χ4n) is 5.19. The van der Waals surface area contributed by atoms with Crippen molar-refractivity contribution in [3.05, 3.63) is 35.4 Å². The number of benzene rings is 1. The molecule has 0 aliphatic carbocycles. The Balaban J connectivity index is 3.15. The van der Waals surface area contributed by atoms with Gasteiger partial charge < -0.3 is 0 Å². The summed E-state index contributed by atoms with van der Waals surface area (Å²) < 4.78 is 0. The minimum Gasteiger partial charge on any atom is -0.231 e. The van der Waals surface area contributed by atoms with E-state index in [1.54, 1.807) is 0 Å². The van der Waals surface area contributed by atoms with Gasteiger partial charge in [-0.15, -0.1) is 0 Å². The summed E-state index contributed by atoms with van der Waals surface area (Å²) in [7, 11) is 0. The molecule has 0 spiro atoms. The lowest BCUT2D eigenvalue weighted by Crippen LogP contribution is -2.50. The quantitative estimate of drug-likeness (QED) is 0.210. The highest BCUT2D eigenvalue weighted by atomic mass is 17.2. The summed E-state index contributed by atoms with van der Waals surface area (Å²) in [6.07, 6.45) is -0.202. The van der Waals surface area contributed by atoms with Gasteiger partial charge in [-0.2, -0.15) is 0 Å². The zero-order chi connectivity index (χ0) is 32.0. The molecule has 1 rings (SSSR count). The van der Waals surface area contributed by atoms with Crippen molar-refractivity contribution < 1.29 is 19.6 Å². The first-order valence-corrected chi connectivity index (χ1v) is 15.2. The smallest absolute Gasteiger partial charge is 0.123 e. The van der Waals surface area contributed by atoms with Gasteiger partial charge in [-0.3, -0.25) is 0 Å². The lowest BCUT2D eigenvalue weighted by molar-refractivity contribution is -0.415. The van der Waals surface area contributed by atoms with Crippen LogP contribution in [-0.4, -0.2) is 12.2 Å². The third-order valence-electron chi connectivity index (χ3n) is 9.73. The fraction of sp³-hybridized carbons (Fsp3) is 0.833. The van der Waals surface area contributed by atoms with E-state index in [-0.39, 0.29) is 44.7 Å². The second-order valence-electron chi connectivity index (χ2n) is 18.4. The molecule has 0 bridgehead atoms. The third kappa shape index (κ3) is 8.55. The molecule has 2 unspecified atom stereocenters. The van der Waals surface area contributed by atoms with Gasteiger partial charge in [0.25, 0.3) is 0 Å². The first-order valence-electron chi connectivity index (χ1n) is 15.2. The van der Waals surface area contributed by atoms with Crippen LogP contribution in [0.4, 0.5) is 0 Å². The molecule has 0 saturated carbocycles. The summed E-state index contributed by atoms with van der Waals surface area (Å²) in [6, 6.07) is 8.41. The van der Waals surface area contributed by atoms with Crippen LogP contribution < -0.4 is 0 Å². The molecular formula is C36H66O4. The Bertz CT molecular complexity index is 860. The van der Waals surface area contributed by atoms with Crippen LogP contribution in [0.2, 0.25) is 0 Å². The van der Waals surface area contributed by atoms with Crippen LogP contribution in [0.15, 0.2) is 24.3 Å². The SMILES string of the molecule is CC(C)(OOC(C(C)(C)C)C(C)(C)C(C)(C)C)c1ccc(C(C)(C)OOC(C(C)(C)C)C(C)(C)C(C)(C)C)cc1. The maximum atomic E-state index is 6.33. The fourth-order valence-corrected chi connectivity index (χ4v) is 5.19. The monoisotopic (exact) mass is 562 g/mol. The van der Waals surface area contributed by atoms with Crippen molar-refractivity contribution in [2.45, 2.75) is 162 Å². The molecule has 0 amide bonds. The highest BCUT2D eigenvalue weighted by Crippen LogP contribution is 2.50. The first-order chi connectivity index (χ1) is 17.4. The molecule has 4 heteroatoms. The average Bonchev–Trinajstić information content (AvgIpc) is 2.69. The Morgan fingerprint density at radius 2 is 0.625 bits per heavy atom. The highest BCUT2D eigenvalue weighted by Gasteiger charge is 2.49. The molecule has 0 saturated heterocycles. The molecule has 2 atom stereocenters. The molecule has 1 aromatic carbocycles. The van der Waals surface area contributed by atoms with Gasteiger partial charge >= 0.3 is 0 Å². The highest BCUT2D eigenvalue weighted by molar-refractivity contribution is 5.29. The van der Waals surface area contributed by atoms with Crippen LogP contribution in [-0.2, 0) is 30.8 Å². The van der Waals surface area contributed by atoms with Gasteiger partial charge in [0.1, 0.15) is 23.4 Å². The topological polar surface area (TPSA) is 36.9 Å². The zero-order valence-corrected chi connectivity index (χ0v) is 30.1. The molecule has 40 heavy (non-hydrogen) atoms.